The number of carbonyl (C=O) groups excluding carboxylic acids is 1. The van der Waals surface area contributed by atoms with Gasteiger partial charge in [-0.25, -0.2) is 4.98 Å². The van der Waals surface area contributed by atoms with E-state index in [9.17, 15) is 9.59 Å². The Morgan fingerprint density at radius 1 is 0.964 bits per heavy atom. The van der Waals surface area contributed by atoms with Crippen molar-refractivity contribution in [3.8, 4) is 0 Å². The Morgan fingerprint density at radius 2 is 1.75 bits per heavy atom. The summed E-state index contributed by atoms with van der Waals surface area (Å²) in [5, 5.41) is 2.63. The van der Waals surface area contributed by atoms with E-state index in [1.165, 1.54) is 6.20 Å². The Bertz CT molecular complexity index is 1170. The summed E-state index contributed by atoms with van der Waals surface area (Å²) in [6.07, 6.45) is 3.73. The van der Waals surface area contributed by atoms with Crippen molar-refractivity contribution in [2.75, 3.05) is 5.32 Å². The zero-order chi connectivity index (χ0) is 19.3. The highest BCUT2D eigenvalue weighted by Gasteiger charge is 2.14. The number of amides is 1. The van der Waals surface area contributed by atoms with Crippen molar-refractivity contribution in [3.63, 3.8) is 0 Å². The predicted octanol–water partition coefficient (Wildman–Crippen LogP) is 3.29. The summed E-state index contributed by atoms with van der Waals surface area (Å²) in [7, 11) is 0. The van der Waals surface area contributed by atoms with E-state index in [4.69, 9.17) is 0 Å². The summed E-state index contributed by atoms with van der Waals surface area (Å²) in [6.45, 7) is 0.488. The maximum absolute atomic E-state index is 13.0. The number of aryl methyl sites for hydroxylation is 2. The van der Waals surface area contributed by atoms with Gasteiger partial charge in [-0.3, -0.25) is 14.6 Å². The van der Waals surface area contributed by atoms with Crippen molar-refractivity contribution in [2.45, 2.75) is 13.0 Å². The molecule has 6 heteroatoms. The van der Waals surface area contributed by atoms with E-state index < -0.39 is 5.91 Å². The number of para-hydroxylation sites is 2. The van der Waals surface area contributed by atoms with Crippen LogP contribution in [0.15, 0.2) is 83.9 Å². The molecule has 138 valence electrons. The zero-order valence-corrected chi connectivity index (χ0v) is 15.1. The van der Waals surface area contributed by atoms with Gasteiger partial charge in [-0.15, -0.1) is 0 Å². The number of nitrogens with zero attached hydrogens (tertiary/aromatic N) is 3. The SMILES string of the molecule is O=C(Nc1nc2ccccc2n(CCc2ccccc2)c1=O)c1cccnc1. The molecule has 1 amide bonds. The molecule has 0 spiro atoms. The van der Waals surface area contributed by atoms with Crippen molar-refractivity contribution >= 4 is 22.8 Å². The van der Waals surface area contributed by atoms with Crippen LogP contribution in [0.2, 0.25) is 0 Å². The molecule has 2 aromatic carbocycles. The standard InChI is InChI=1S/C22H18N4O2/c27-21(17-9-6-13-23-15-17)25-20-22(28)26(14-12-16-7-2-1-3-8-16)19-11-5-4-10-18(19)24-20/h1-11,13,15H,12,14H2,(H,24,25,27). The Hall–Kier alpha value is -3.80. The lowest BCUT2D eigenvalue weighted by Gasteiger charge is -2.13. The van der Waals surface area contributed by atoms with Gasteiger partial charge in [-0.2, -0.15) is 0 Å². The lowest BCUT2D eigenvalue weighted by Crippen LogP contribution is -2.28. The highest BCUT2D eigenvalue weighted by atomic mass is 16.2. The molecule has 0 radical (unpaired) electrons. The lowest BCUT2D eigenvalue weighted by atomic mass is 10.1. The summed E-state index contributed by atoms with van der Waals surface area (Å²) < 4.78 is 1.66. The largest absolute Gasteiger partial charge is 0.303 e. The van der Waals surface area contributed by atoms with Crippen molar-refractivity contribution in [1.29, 1.82) is 0 Å². The Balaban J connectivity index is 1.70. The molecule has 4 rings (SSSR count). The van der Waals surface area contributed by atoms with Gasteiger partial charge in [0.25, 0.3) is 11.5 Å². The number of fused-ring (bicyclic) bond motifs is 1. The first-order chi connectivity index (χ1) is 13.7. The fourth-order valence-corrected chi connectivity index (χ4v) is 3.06. The van der Waals surface area contributed by atoms with Crippen molar-refractivity contribution in [1.82, 2.24) is 14.5 Å². The van der Waals surface area contributed by atoms with Crippen LogP contribution in [0.5, 0.6) is 0 Å². The number of hydrogen-bond donors (Lipinski definition) is 1. The minimum atomic E-state index is -0.414. The lowest BCUT2D eigenvalue weighted by molar-refractivity contribution is 0.102. The van der Waals surface area contributed by atoms with Crippen LogP contribution >= 0.6 is 0 Å². The van der Waals surface area contributed by atoms with Gasteiger partial charge in [0, 0.05) is 18.9 Å². The molecule has 0 aliphatic carbocycles. The Labute approximate surface area is 161 Å². The molecule has 0 fully saturated rings. The number of pyridine rings is 1. The number of anilines is 1. The maximum atomic E-state index is 13.0. The van der Waals surface area contributed by atoms with E-state index in [2.05, 4.69) is 15.3 Å². The van der Waals surface area contributed by atoms with Crippen LogP contribution in [0.1, 0.15) is 15.9 Å². The molecule has 0 saturated heterocycles. The fourth-order valence-electron chi connectivity index (χ4n) is 3.06. The predicted molar refractivity (Wildman–Crippen MR) is 108 cm³/mol. The van der Waals surface area contributed by atoms with E-state index in [0.29, 0.717) is 24.0 Å². The molecule has 28 heavy (non-hydrogen) atoms. The third kappa shape index (κ3) is 3.66. The molecule has 2 heterocycles. The molecule has 0 atom stereocenters. The van der Waals surface area contributed by atoms with Gasteiger partial charge in [0.15, 0.2) is 5.82 Å². The van der Waals surface area contributed by atoms with Crippen LogP contribution in [0.4, 0.5) is 5.82 Å². The second-order valence-corrected chi connectivity index (χ2v) is 6.34. The second-order valence-electron chi connectivity index (χ2n) is 6.34. The third-order valence-corrected chi connectivity index (χ3v) is 4.48. The molecule has 0 aliphatic heterocycles. The van der Waals surface area contributed by atoms with E-state index in [-0.39, 0.29) is 11.4 Å². The average molecular weight is 370 g/mol. The molecule has 4 aromatic rings. The van der Waals surface area contributed by atoms with Crippen LogP contribution in [0.3, 0.4) is 0 Å². The summed E-state index contributed by atoms with van der Waals surface area (Å²) >= 11 is 0. The van der Waals surface area contributed by atoms with Gasteiger partial charge < -0.3 is 9.88 Å². The molecule has 0 unspecified atom stereocenters. The molecule has 1 N–H and O–H groups in total. The number of nitrogens with one attached hydrogen (secondary N) is 1. The first-order valence-electron chi connectivity index (χ1n) is 8.97. The van der Waals surface area contributed by atoms with Gasteiger partial charge in [-0.1, -0.05) is 42.5 Å². The van der Waals surface area contributed by atoms with Crippen LogP contribution in [-0.4, -0.2) is 20.4 Å². The zero-order valence-electron chi connectivity index (χ0n) is 15.1. The van der Waals surface area contributed by atoms with Crippen LogP contribution in [0, 0.1) is 0 Å². The topological polar surface area (TPSA) is 76.9 Å². The van der Waals surface area contributed by atoms with Crippen molar-refractivity contribution in [2.24, 2.45) is 0 Å². The quantitative estimate of drug-likeness (QED) is 0.585. The summed E-state index contributed by atoms with van der Waals surface area (Å²) in [5.41, 5.74) is 2.57. The van der Waals surface area contributed by atoms with Crippen molar-refractivity contribution < 1.29 is 4.79 Å². The molecule has 0 saturated carbocycles. The van der Waals surface area contributed by atoms with E-state index in [1.54, 1.807) is 22.9 Å². The van der Waals surface area contributed by atoms with E-state index >= 15 is 0 Å². The van der Waals surface area contributed by atoms with E-state index in [1.807, 2.05) is 54.6 Å². The number of benzene rings is 2. The Kier molecular flexibility index (Phi) is 4.93. The molecular weight excluding hydrogens is 352 g/mol. The highest BCUT2D eigenvalue weighted by Crippen LogP contribution is 2.13. The van der Waals surface area contributed by atoms with Crippen LogP contribution in [0.25, 0.3) is 11.0 Å². The number of aromatic nitrogens is 3. The molecule has 6 nitrogen and oxygen atoms in total. The maximum Gasteiger partial charge on any atom is 0.294 e. The summed E-state index contributed by atoms with van der Waals surface area (Å²) in [5.74, 6) is -0.400. The summed E-state index contributed by atoms with van der Waals surface area (Å²) in [6, 6.07) is 20.7. The minimum absolute atomic E-state index is 0.0145. The smallest absolute Gasteiger partial charge is 0.294 e. The van der Waals surface area contributed by atoms with Gasteiger partial charge >= 0.3 is 0 Å². The first-order valence-corrected chi connectivity index (χ1v) is 8.97. The molecule has 0 bridgehead atoms. The molecular formula is C22H18N4O2. The minimum Gasteiger partial charge on any atom is -0.303 e. The van der Waals surface area contributed by atoms with Gasteiger partial charge in [0.2, 0.25) is 0 Å². The first kappa shape index (κ1) is 17.6. The van der Waals surface area contributed by atoms with Gasteiger partial charge in [-0.05, 0) is 36.2 Å². The third-order valence-electron chi connectivity index (χ3n) is 4.48. The van der Waals surface area contributed by atoms with Crippen molar-refractivity contribution in [3.05, 3.63) is 101 Å². The summed E-state index contributed by atoms with van der Waals surface area (Å²) in [4.78, 5) is 33.8. The number of hydrogen-bond acceptors (Lipinski definition) is 4. The van der Waals surface area contributed by atoms with E-state index in [0.717, 1.165) is 11.1 Å². The monoisotopic (exact) mass is 370 g/mol. The number of carbonyl (C=O) groups is 1. The number of rotatable bonds is 5. The normalized spacial score (nSPS) is 10.7. The average Bonchev–Trinajstić information content (AvgIpc) is 2.75. The molecule has 0 aliphatic rings. The molecule has 2 aromatic heterocycles. The Morgan fingerprint density at radius 3 is 2.54 bits per heavy atom. The van der Waals surface area contributed by atoms with Gasteiger partial charge in [0.05, 0.1) is 16.6 Å². The van der Waals surface area contributed by atoms with Crippen LogP contribution < -0.4 is 10.9 Å². The van der Waals surface area contributed by atoms with Crippen LogP contribution in [-0.2, 0) is 13.0 Å². The van der Waals surface area contributed by atoms with Gasteiger partial charge in [0.1, 0.15) is 0 Å². The second kappa shape index (κ2) is 7.84. The highest BCUT2D eigenvalue weighted by molar-refractivity contribution is 6.03. The fraction of sp³-hybridized carbons (Fsp3) is 0.0909.